The van der Waals surface area contributed by atoms with Crippen molar-refractivity contribution in [2.75, 3.05) is 24.6 Å². The van der Waals surface area contributed by atoms with E-state index in [-0.39, 0.29) is 0 Å². The van der Waals surface area contributed by atoms with E-state index < -0.39 is 0 Å². The summed E-state index contributed by atoms with van der Waals surface area (Å²) in [6.45, 7) is 6.67. The normalized spacial score (nSPS) is 28.8. The molecule has 0 spiro atoms. The molecule has 0 aromatic heterocycles. The van der Waals surface area contributed by atoms with E-state index in [1.165, 1.54) is 18.1 Å². The zero-order chi connectivity index (χ0) is 8.97. The van der Waals surface area contributed by atoms with Gasteiger partial charge >= 0.3 is 0 Å². The Labute approximate surface area is 79.9 Å². The molecule has 12 heavy (non-hydrogen) atoms. The van der Waals surface area contributed by atoms with Gasteiger partial charge in [-0.15, -0.1) is 0 Å². The molecule has 2 unspecified atom stereocenters. The fraction of sp³-hybridized carbons (Fsp3) is 1.00. The summed E-state index contributed by atoms with van der Waals surface area (Å²) in [6.07, 6.45) is 1.13. The maximum atomic E-state index is 5.55. The van der Waals surface area contributed by atoms with Gasteiger partial charge < -0.3 is 5.73 Å². The quantitative estimate of drug-likeness (QED) is 0.721. The Kier molecular flexibility index (Phi) is 4.40. The first kappa shape index (κ1) is 10.4. The van der Waals surface area contributed by atoms with Gasteiger partial charge in [-0.2, -0.15) is 11.8 Å². The van der Waals surface area contributed by atoms with Crippen LogP contribution in [0.3, 0.4) is 0 Å². The van der Waals surface area contributed by atoms with Gasteiger partial charge in [-0.3, -0.25) is 4.90 Å². The van der Waals surface area contributed by atoms with Gasteiger partial charge in [0, 0.05) is 30.1 Å². The molecule has 1 aliphatic rings. The Hall–Kier alpha value is 0.270. The van der Waals surface area contributed by atoms with E-state index in [2.05, 4.69) is 30.5 Å². The standard InChI is InChI=1S/C9H20N2S/c1-8(3-4-10)11-5-6-12-7-9(11)2/h8-9H,3-7,10H2,1-2H3. The van der Waals surface area contributed by atoms with Gasteiger partial charge in [-0.1, -0.05) is 0 Å². The third-order valence-electron chi connectivity index (χ3n) is 2.57. The van der Waals surface area contributed by atoms with Crippen molar-refractivity contribution in [1.82, 2.24) is 4.90 Å². The highest BCUT2D eigenvalue weighted by Gasteiger charge is 2.22. The van der Waals surface area contributed by atoms with Crippen LogP contribution in [0.5, 0.6) is 0 Å². The van der Waals surface area contributed by atoms with Crippen LogP contribution in [0.1, 0.15) is 20.3 Å². The Bertz CT molecular complexity index is 130. The Morgan fingerprint density at radius 2 is 2.42 bits per heavy atom. The second-order valence-electron chi connectivity index (χ2n) is 3.59. The molecule has 0 aromatic carbocycles. The molecule has 2 N–H and O–H groups in total. The van der Waals surface area contributed by atoms with Crippen molar-refractivity contribution in [1.29, 1.82) is 0 Å². The molecule has 0 bridgehead atoms. The SMILES string of the molecule is CC(CCN)N1CCSCC1C. The van der Waals surface area contributed by atoms with Gasteiger partial charge in [0.05, 0.1) is 0 Å². The largest absolute Gasteiger partial charge is 0.330 e. The van der Waals surface area contributed by atoms with Crippen molar-refractivity contribution >= 4 is 11.8 Å². The molecule has 1 heterocycles. The zero-order valence-electron chi connectivity index (χ0n) is 8.12. The maximum absolute atomic E-state index is 5.55. The van der Waals surface area contributed by atoms with Crippen molar-refractivity contribution < 1.29 is 0 Å². The van der Waals surface area contributed by atoms with Gasteiger partial charge in [-0.05, 0) is 26.8 Å². The van der Waals surface area contributed by atoms with Crippen LogP contribution >= 0.6 is 11.8 Å². The number of rotatable bonds is 3. The van der Waals surface area contributed by atoms with Crippen LogP contribution in [0.25, 0.3) is 0 Å². The summed E-state index contributed by atoms with van der Waals surface area (Å²) in [5, 5.41) is 0. The van der Waals surface area contributed by atoms with Crippen molar-refractivity contribution in [2.24, 2.45) is 5.73 Å². The van der Waals surface area contributed by atoms with Crippen LogP contribution in [0.4, 0.5) is 0 Å². The molecule has 0 aliphatic carbocycles. The van der Waals surface area contributed by atoms with E-state index >= 15 is 0 Å². The Morgan fingerprint density at radius 3 is 3.00 bits per heavy atom. The van der Waals surface area contributed by atoms with Crippen LogP contribution < -0.4 is 5.73 Å². The molecule has 1 rings (SSSR count). The molecule has 1 aliphatic heterocycles. The maximum Gasteiger partial charge on any atom is 0.0161 e. The lowest BCUT2D eigenvalue weighted by Crippen LogP contribution is -2.46. The van der Waals surface area contributed by atoms with Crippen molar-refractivity contribution in [3.8, 4) is 0 Å². The average molecular weight is 188 g/mol. The summed E-state index contributed by atoms with van der Waals surface area (Å²) in [6, 6.07) is 1.41. The summed E-state index contributed by atoms with van der Waals surface area (Å²) in [5.74, 6) is 2.58. The number of nitrogens with zero attached hydrogens (tertiary/aromatic N) is 1. The molecule has 2 nitrogen and oxygen atoms in total. The van der Waals surface area contributed by atoms with E-state index in [1.807, 2.05) is 0 Å². The lowest BCUT2D eigenvalue weighted by atomic mass is 10.1. The second-order valence-corrected chi connectivity index (χ2v) is 4.74. The Balaban J connectivity index is 2.36. The average Bonchev–Trinajstić information content (AvgIpc) is 2.05. The molecular formula is C9H20N2S. The number of hydrogen-bond donors (Lipinski definition) is 1. The number of hydrogen-bond acceptors (Lipinski definition) is 3. The van der Waals surface area contributed by atoms with Crippen LogP contribution in [0, 0.1) is 0 Å². The summed E-state index contributed by atoms with van der Waals surface area (Å²) < 4.78 is 0. The van der Waals surface area contributed by atoms with Crippen LogP contribution in [-0.2, 0) is 0 Å². The molecule has 2 atom stereocenters. The summed E-state index contributed by atoms with van der Waals surface area (Å²) >= 11 is 2.07. The molecule has 1 fully saturated rings. The van der Waals surface area contributed by atoms with E-state index in [4.69, 9.17) is 5.73 Å². The van der Waals surface area contributed by atoms with Gasteiger partial charge in [0.1, 0.15) is 0 Å². The highest BCUT2D eigenvalue weighted by Crippen LogP contribution is 2.19. The number of nitrogens with two attached hydrogens (primary N) is 1. The molecule has 3 heteroatoms. The van der Waals surface area contributed by atoms with Crippen molar-refractivity contribution in [3.63, 3.8) is 0 Å². The van der Waals surface area contributed by atoms with Gasteiger partial charge in [0.2, 0.25) is 0 Å². The van der Waals surface area contributed by atoms with Gasteiger partial charge in [-0.25, -0.2) is 0 Å². The van der Waals surface area contributed by atoms with Crippen molar-refractivity contribution in [2.45, 2.75) is 32.4 Å². The lowest BCUT2D eigenvalue weighted by molar-refractivity contribution is 0.167. The predicted octanol–water partition coefficient (Wildman–Crippen LogP) is 1.16. The highest BCUT2D eigenvalue weighted by molar-refractivity contribution is 7.99. The first-order chi connectivity index (χ1) is 5.75. The monoisotopic (exact) mass is 188 g/mol. The molecule has 0 amide bonds. The smallest absolute Gasteiger partial charge is 0.0161 e. The van der Waals surface area contributed by atoms with Crippen LogP contribution in [-0.4, -0.2) is 41.6 Å². The van der Waals surface area contributed by atoms with E-state index in [1.54, 1.807) is 0 Å². The molecule has 72 valence electrons. The minimum atomic E-state index is 0.672. The number of thioether (sulfide) groups is 1. The first-order valence-corrected chi connectivity index (χ1v) is 5.94. The first-order valence-electron chi connectivity index (χ1n) is 4.79. The van der Waals surface area contributed by atoms with Gasteiger partial charge in [0.25, 0.3) is 0 Å². The third-order valence-corrected chi connectivity index (χ3v) is 3.76. The lowest BCUT2D eigenvalue weighted by Gasteiger charge is -2.37. The zero-order valence-corrected chi connectivity index (χ0v) is 8.94. The summed E-state index contributed by atoms with van der Waals surface area (Å²) in [5.41, 5.74) is 5.55. The Morgan fingerprint density at radius 1 is 1.67 bits per heavy atom. The van der Waals surface area contributed by atoms with E-state index in [0.29, 0.717) is 6.04 Å². The van der Waals surface area contributed by atoms with Crippen molar-refractivity contribution in [3.05, 3.63) is 0 Å². The summed E-state index contributed by atoms with van der Waals surface area (Å²) in [4.78, 5) is 2.59. The molecule has 1 saturated heterocycles. The molecule has 0 aromatic rings. The summed E-state index contributed by atoms with van der Waals surface area (Å²) in [7, 11) is 0. The fourth-order valence-corrected chi connectivity index (χ4v) is 2.84. The van der Waals surface area contributed by atoms with Crippen LogP contribution in [0.15, 0.2) is 0 Å². The minimum Gasteiger partial charge on any atom is -0.330 e. The van der Waals surface area contributed by atoms with E-state index in [9.17, 15) is 0 Å². The van der Waals surface area contributed by atoms with Crippen LogP contribution in [0.2, 0.25) is 0 Å². The fourth-order valence-electron chi connectivity index (χ4n) is 1.80. The highest BCUT2D eigenvalue weighted by atomic mass is 32.2. The third kappa shape index (κ3) is 2.64. The predicted molar refractivity (Wildman–Crippen MR) is 56.6 cm³/mol. The topological polar surface area (TPSA) is 29.3 Å². The molecule has 0 radical (unpaired) electrons. The minimum absolute atomic E-state index is 0.672. The van der Waals surface area contributed by atoms with Gasteiger partial charge in [0.15, 0.2) is 0 Å². The second kappa shape index (κ2) is 5.10. The molecular weight excluding hydrogens is 168 g/mol. The molecule has 0 saturated carbocycles. The van der Waals surface area contributed by atoms with E-state index in [0.717, 1.165) is 19.0 Å².